The van der Waals surface area contributed by atoms with Crippen LogP contribution < -0.4 is 30.6 Å². The van der Waals surface area contributed by atoms with Crippen molar-refractivity contribution in [2.24, 2.45) is 0 Å². The van der Waals surface area contributed by atoms with Crippen LogP contribution in [0.4, 0.5) is 0 Å². The molecule has 31 heavy (non-hydrogen) atoms. The van der Waals surface area contributed by atoms with E-state index in [1.54, 1.807) is 0 Å². The van der Waals surface area contributed by atoms with Crippen molar-refractivity contribution in [1.82, 2.24) is 0 Å². The molecular formula is C12H10O16Zn3. The van der Waals surface area contributed by atoms with Crippen LogP contribution in [0.1, 0.15) is 12.8 Å². The second-order valence-electron chi connectivity index (χ2n) is 4.96. The molecule has 0 radical (unpaired) electrons. The third kappa shape index (κ3) is 12.2. The molecule has 0 aliphatic carbocycles. The van der Waals surface area contributed by atoms with Crippen LogP contribution in [0.15, 0.2) is 0 Å². The van der Waals surface area contributed by atoms with E-state index in [1.165, 1.54) is 0 Å². The number of hydrogen-bond donors (Lipinski definition) is 4. The van der Waals surface area contributed by atoms with Crippen molar-refractivity contribution in [2.45, 2.75) is 36.3 Å². The standard InChI is InChI=1S/2C6H8O8.3Zn/c2*7-2(8)1-6(14,5(12)13)3(9)4(10)11;;;/h2*3,9,14H,1H2,(H,7,8)(H,10,11)(H,12,13);;;/q;;3*+2/p-6. The molecule has 0 aliphatic rings. The number of aliphatic hydroxyl groups is 4. The van der Waals surface area contributed by atoms with Crippen molar-refractivity contribution in [3.8, 4) is 0 Å². The van der Waals surface area contributed by atoms with E-state index in [2.05, 4.69) is 0 Å². The number of rotatable bonds is 10. The maximum Gasteiger partial charge on any atom is 2.00 e. The van der Waals surface area contributed by atoms with E-state index in [4.69, 9.17) is 20.4 Å². The SMILES string of the molecule is O=C([O-])CC(O)(C(=O)[O-])C(O)C(=O)[O-].O=C([O-])CC(O)(C(=O)[O-])C(O)C(=O)[O-].[Zn+2].[Zn+2].[Zn+2]. The normalized spacial score (nSPS) is 15.1. The van der Waals surface area contributed by atoms with Crippen molar-refractivity contribution in [3.63, 3.8) is 0 Å². The molecule has 4 atom stereocenters. The van der Waals surface area contributed by atoms with Crippen LogP contribution in [0.3, 0.4) is 0 Å². The second kappa shape index (κ2) is 16.2. The summed E-state index contributed by atoms with van der Waals surface area (Å²) in [6.45, 7) is 0. The first-order valence-electron chi connectivity index (χ1n) is 6.48. The van der Waals surface area contributed by atoms with Crippen molar-refractivity contribution in [3.05, 3.63) is 0 Å². The van der Waals surface area contributed by atoms with Crippen LogP contribution in [-0.4, -0.2) is 79.7 Å². The molecule has 0 bridgehead atoms. The fourth-order valence-electron chi connectivity index (χ4n) is 1.39. The predicted molar refractivity (Wildman–Crippen MR) is 61.2 cm³/mol. The van der Waals surface area contributed by atoms with E-state index in [1.807, 2.05) is 0 Å². The molecule has 0 heterocycles. The third-order valence-corrected chi connectivity index (χ3v) is 2.89. The van der Waals surface area contributed by atoms with Gasteiger partial charge in [0.25, 0.3) is 0 Å². The van der Waals surface area contributed by atoms with E-state index in [-0.39, 0.29) is 58.4 Å². The first kappa shape index (κ1) is 39.9. The summed E-state index contributed by atoms with van der Waals surface area (Å²) in [4.78, 5) is 60.3. The Kier molecular flexibility index (Phi) is 20.9. The van der Waals surface area contributed by atoms with Gasteiger partial charge in [0.1, 0.15) is 23.4 Å². The summed E-state index contributed by atoms with van der Waals surface area (Å²) in [5.41, 5.74) is -6.92. The minimum absolute atomic E-state index is 0. The Balaban J connectivity index is -0.000000133. The molecule has 0 amide bonds. The summed E-state index contributed by atoms with van der Waals surface area (Å²) in [6, 6.07) is 0. The van der Waals surface area contributed by atoms with E-state index < -0.39 is 72.1 Å². The average molecular weight is 606 g/mol. The number of aliphatic carboxylic acids is 6. The van der Waals surface area contributed by atoms with Crippen LogP contribution in [0.25, 0.3) is 0 Å². The summed E-state index contributed by atoms with van der Waals surface area (Å²) in [5, 5.41) is 95.5. The summed E-state index contributed by atoms with van der Waals surface area (Å²) in [6.07, 6.45) is -9.06. The third-order valence-electron chi connectivity index (χ3n) is 2.89. The van der Waals surface area contributed by atoms with Crippen LogP contribution in [0, 0.1) is 0 Å². The zero-order chi connectivity index (χ0) is 23.0. The number of aliphatic hydroxyl groups excluding tert-OH is 2. The van der Waals surface area contributed by atoms with Crippen molar-refractivity contribution in [2.75, 3.05) is 0 Å². The monoisotopic (exact) mass is 602 g/mol. The van der Waals surface area contributed by atoms with Gasteiger partial charge in [-0.15, -0.1) is 0 Å². The number of carboxylic acids is 6. The molecule has 0 aromatic carbocycles. The van der Waals surface area contributed by atoms with Gasteiger partial charge >= 0.3 is 58.4 Å². The Hall–Kier alpha value is -1.47. The predicted octanol–water partition coefficient (Wildman–Crippen LogP) is -12.6. The average Bonchev–Trinajstić information content (AvgIpc) is 2.51. The minimum Gasteiger partial charge on any atom is -0.550 e. The summed E-state index contributed by atoms with van der Waals surface area (Å²) in [5.74, 6) is -13.7. The molecule has 0 saturated heterocycles. The van der Waals surface area contributed by atoms with Crippen molar-refractivity contribution in [1.29, 1.82) is 0 Å². The molecule has 0 fully saturated rings. The molecule has 160 valence electrons. The van der Waals surface area contributed by atoms with E-state index >= 15 is 0 Å². The van der Waals surface area contributed by atoms with Gasteiger partial charge in [0.05, 0.1) is 23.9 Å². The zero-order valence-electron chi connectivity index (χ0n) is 15.4. The second-order valence-corrected chi connectivity index (χ2v) is 4.96. The van der Waals surface area contributed by atoms with Gasteiger partial charge < -0.3 is 79.8 Å². The van der Waals surface area contributed by atoms with Gasteiger partial charge in [-0.05, 0) is 0 Å². The van der Waals surface area contributed by atoms with Crippen LogP contribution >= 0.6 is 0 Å². The van der Waals surface area contributed by atoms with Crippen LogP contribution in [0.5, 0.6) is 0 Å². The zero-order valence-corrected chi connectivity index (χ0v) is 24.3. The van der Waals surface area contributed by atoms with Gasteiger partial charge in [-0.25, -0.2) is 0 Å². The number of hydrogen-bond acceptors (Lipinski definition) is 16. The smallest absolute Gasteiger partial charge is 0.550 e. The van der Waals surface area contributed by atoms with E-state index in [0.29, 0.717) is 0 Å². The molecule has 0 saturated carbocycles. The summed E-state index contributed by atoms with van der Waals surface area (Å²) >= 11 is 0. The van der Waals surface area contributed by atoms with Gasteiger partial charge in [0, 0.05) is 24.8 Å². The maximum absolute atomic E-state index is 10.2. The Morgan fingerprint density at radius 2 is 0.774 bits per heavy atom. The van der Waals surface area contributed by atoms with Crippen molar-refractivity contribution < 1.29 is 138 Å². The molecule has 16 nitrogen and oxygen atoms in total. The molecular weight excluding hydrogens is 596 g/mol. The summed E-state index contributed by atoms with van der Waals surface area (Å²) in [7, 11) is 0. The molecule has 4 unspecified atom stereocenters. The minimum atomic E-state index is -3.46. The fourth-order valence-corrected chi connectivity index (χ4v) is 1.39. The first-order chi connectivity index (χ1) is 12.4. The van der Waals surface area contributed by atoms with Gasteiger partial charge in [0.15, 0.2) is 0 Å². The van der Waals surface area contributed by atoms with E-state index in [9.17, 15) is 59.4 Å². The maximum atomic E-state index is 10.2. The van der Waals surface area contributed by atoms with Gasteiger partial charge in [-0.2, -0.15) is 0 Å². The summed E-state index contributed by atoms with van der Waals surface area (Å²) < 4.78 is 0. The molecule has 0 aliphatic heterocycles. The number of carboxylic acid groups (broad SMARTS) is 6. The van der Waals surface area contributed by atoms with Crippen LogP contribution in [-0.2, 0) is 87.2 Å². The van der Waals surface area contributed by atoms with Gasteiger partial charge in [-0.3, -0.25) is 0 Å². The topological polar surface area (TPSA) is 322 Å². The van der Waals surface area contributed by atoms with Crippen molar-refractivity contribution >= 4 is 35.8 Å². The van der Waals surface area contributed by atoms with Gasteiger partial charge in [-0.1, -0.05) is 0 Å². The molecule has 0 aromatic rings. The van der Waals surface area contributed by atoms with Crippen LogP contribution in [0.2, 0.25) is 0 Å². The Morgan fingerprint density at radius 1 is 0.581 bits per heavy atom. The Morgan fingerprint density at radius 3 is 0.871 bits per heavy atom. The Labute approximate surface area is 209 Å². The molecule has 0 rings (SSSR count). The molecule has 19 heteroatoms. The molecule has 4 N–H and O–H groups in total. The number of carbonyl (C=O) groups is 6. The quantitative estimate of drug-likeness (QED) is 0.168. The van der Waals surface area contributed by atoms with E-state index in [0.717, 1.165) is 0 Å². The largest absolute Gasteiger partial charge is 2.00 e. The van der Waals surface area contributed by atoms with Gasteiger partial charge in [0.2, 0.25) is 0 Å². The fraction of sp³-hybridized carbons (Fsp3) is 0.500. The number of carbonyl (C=O) groups excluding carboxylic acids is 6. The Bertz CT molecular complexity index is 612. The molecule has 0 aromatic heterocycles. The molecule has 0 spiro atoms. The first-order valence-corrected chi connectivity index (χ1v) is 6.48.